The van der Waals surface area contributed by atoms with E-state index in [-0.39, 0.29) is 0 Å². The number of fused-ring (bicyclic) bond motifs is 2. The van der Waals surface area contributed by atoms with Crippen LogP contribution in [0.15, 0.2) is 55.2 Å². The summed E-state index contributed by atoms with van der Waals surface area (Å²) in [6.45, 7) is 11.0. The van der Waals surface area contributed by atoms with E-state index < -0.39 is 18.8 Å². The zero-order valence-corrected chi connectivity index (χ0v) is 23.6. The van der Waals surface area contributed by atoms with Gasteiger partial charge in [-0.1, -0.05) is 6.07 Å². The molecule has 3 aromatic heterocycles. The van der Waals surface area contributed by atoms with Crippen LogP contribution >= 0.6 is 7.14 Å². The minimum atomic E-state index is -2.33. The van der Waals surface area contributed by atoms with Gasteiger partial charge in [0.1, 0.15) is 25.4 Å². The third-order valence-electron chi connectivity index (χ3n) is 6.09. The highest BCUT2D eigenvalue weighted by atomic mass is 31.2. The van der Waals surface area contributed by atoms with Crippen molar-refractivity contribution in [1.29, 1.82) is 0 Å². The third kappa shape index (κ3) is 5.47. The smallest absolute Gasteiger partial charge is 0.435 e. The molecule has 0 amide bonds. The highest BCUT2D eigenvalue weighted by Gasteiger charge is 2.21. The fourth-order valence-electron chi connectivity index (χ4n) is 4.15. The van der Waals surface area contributed by atoms with Gasteiger partial charge in [-0.15, -0.1) is 0 Å². The molecule has 11 heteroatoms. The van der Waals surface area contributed by atoms with E-state index in [2.05, 4.69) is 25.4 Å². The maximum absolute atomic E-state index is 12.7. The van der Waals surface area contributed by atoms with Crippen LogP contribution in [0, 0.1) is 6.92 Å². The Morgan fingerprint density at radius 2 is 1.79 bits per heavy atom. The Kier molecular flexibility index (Phi) is 6.60. The summed E-state index contributed by atoms with van der Waals surface area (Å²) in [6, 6.07) is 11.3. The maximum atomic E-state index is 12.7. The number of hydrogen-bond acceptors (Lipinski definition) is 8. The van der Waals surface area contributed by atoms with Crippen LogP contribution in [0.2, 0.25) is 0 Å². The molecule has 0 atom stereocenters. The molecule has 0 bridgehead atoms. The number of benzene rings is 2. The number of hydrogen-bond donors (Lipinski definition) is 1. The van der Waals surface area contributed by atoms with Gasteiger partial charge >= 0.3 is 6.09 Å². The molecule has 0 fully saturated rings. The zero-order valence-electron chi connectivity index (χ0n) is 22.7. The summed E-state index contributed by atoms with van der Waals surface area (Å²) in [7, 11) is -2.33. The van der Waals surface area contributed by atoms with Crippen LogP contribution in [0.5, 0.6) is 0 Å². The lowest BCUT2D eigenvalue weighted by Gasteiger charge is -2.19. The third-order valence-corrected chi connectivity index (χ3v) is 7.63. The highest BCUT2D eigenvalue weighted by molar-refractivity contribution is 7.70. The first-order valence-electron chi connectivity index (χ1n) is 12.4. The first-order chi connectivity index (χ1) is 18.4. The molecule has 0 spiro atoms. The molecule has 0 saturated carbocycles. The zero-order chi connectivity index (χ0) is 27.9. The van der Waals surface area contributed by atoms with Crippen molar-refractivity contribution < 1.29 is 14.1 Å². The summed E-state index contributed by atoms with van der Waals surface area (Å²) in [5.41, 5.74) is 4.02. The molecule has 200 valence electrons. The van der Waals surface area contributed by atoms with Crippen molar-refractivity contribution in [2.45, 2.75) is 33.3 Å². The molecular formula is C28H30N7O3P. The number of anilines is 2. The lowest BCUT2D eigenvalue weighted by molar-refractivity contribution is 0.0522. The van der Waals surface area contributed by atoms with Gasteiger partial charge in [0.2, 0.25) is 0 Å². The van der Waals surface area contributed by atoms with E-state index >= 15 is 0 Å². The lowest BCUT2D eigenvalue weighted by atomic mass is 10.0. The second kappa shape index (κ2) is 9.78. The van der Waals surface area contributed by atoms with Crippen LogP contribution in [0.1, 0.15) is 31.9 Å². The molecule has 0 aliphatic heterocycles. The van der Waals surface area contributed by atoms with Gasteiger partial charge in [-0.05, 0) is 88.6 Å². The number of nitrogens with one attached hydrogen (secondary N) is 1. The number of rotatable bonds is 5. The first-order valence-corrected chi connectivity index (χ1v) is 15.0. The summed E-state index contributed by atoms with van der Waals surface area (Å²) >= 11 is 0. The van der Waals surface area contributed by atoms with Gasteiger partial charge in [0.25, 0.3) is 0 Å². The lowest BCUT2D eigenvalue weighted by Crippen LogP contribution is -2.27. The second-order valence-electron chi connectivity index (χ2n) is 10.7. The predicted molar refractivity (Wildman–Crippen MR) is 155 cm³/mol. The van der Waals surface area contributed by atoms with Crippen molar-refractivity contribution in [1.82, 2.24) is 29.3 Å². The Bertz CT molecular complexity index is 1770. The fraction of sp³-hybridized carbons (Fsp3) is 0.250. The van der Waals surface area contributed by atoms with Gasteiger partial charge in [0.05, 0.1) is 11.7 Å². The van der Waals surface area contributed by atoms with E-state index in [4.69, 9.17) is 4.74 Å². The first kappa shape index (κ1) is 26.3. The van der Waals surface area contributed by atoms with Crippen molar-refractivity contribution in [3.8, 4) is 0 Å². The van der Waals surface area contributed by atoms with Crippen molar-refractivity contribution in [3.05, 3.63) is 66.4 Å². The molecule has 5 aromatic rings. The average Bonchev–Trinajstić information content (AvgIpc) is 3.47. The molecular weight excluding hydrogens is 513 g/mol. The van der Waals surface area contributed by atoms with E-state index in [1.54, 1.807) is 25.9 Å². The number of ether oxygens (including phenoxy) is 1. The van der Waals surface area contributed by atoms with E-state index in [1.165, 1.54) is 11.0 Å². The molecule has 3 heterocycles. The Balaban J connectivity index is 1.45. The van der Waals surface area contributed by atoms with Crippen LogP contribution < -0.4 is 10.6 Å². The van der Waals surface area contributed by atoms with Gasteiger partial charge in [-0.25, -0.2) is 19.7 Å². The van der Waals surface area contributed by atoms with Crippen LogP contribution in [-0.2, 0) is 9.30 Å². The average molecular weight is 544 g/mol. The minimum absolute atomic E-state index is 0.526. The van der Waals surface area contributed by atoms with Crippen molar-refractivity contribution in [2.24, 2.45) is 0 Å². The van der Waals surface area contributed by atoms with E-state index in [1.807, 2.05) is 80.9 Å². The van der Waals surface area contributed by atoms with Gasteiger partial charge < -0.3 is 14.6 Å². The summed E-state index contributed by atoms with van der Waals surface area (Å²) < 4.78 is 20.9. The van der Waals surface area contributed by atoms with Crippen molar-refractivity contribution >= 4 is 64.4 Å². The molecule has 5 rings (SSSR count). The van der Waals surface area contributed by atoms with Crippen molar-refractivity contribution in [2.75, 3.05) is 18.6 Å². The molecule has 0 unspecified atom stereocenters. The number of aryl methyl sites for hydroxylation is 1. The number of nitrogens with zero attached hydrogens (tertiary/aromatic N) is 6. The topological polar surface area (TPSA) is 117 Å². The Hall–Kier alpha value is -4.30. The summed E-state index contributed by atoms with van der Waals surface area (Å²) in [4.78, 5) is 26.0. The summed E-state index contributed by atoms with van der Waals surface area (Å²) in [5, 5.41) is 9.21. The molecule has 10 nitrogen and oxygen atoms in total. The van der Waals surface area contributed by atoms with Crippen LogP contribution in [-0.4, -0.2) is 54.3 Å². The minimum Gasteiger partial charge on any atom is -0.442 e. The molecule has 1 N–H and O–H groups in total. The molecule has 0 aliphatic rings. The van der Waals surface area contributed by atoms with Gasteiger partial charge in [-0.3, -0.25) is 4.57 Å². The predicted octanol–water partition coefficient (Wildman–Crippen LogP) is 5.89. The van der Waals surface area contributed by atoms with E-state index in [9.17, 15) is 9.36 Å². The number of imidazole rings is 1. The summed E-state index contributed by atoms with van der Waals surface area (Å²) in [5.74, 6) is 0.563. The molecule has 2 aromatic carbocycles. The largest absolute Gasteiger partial charge is 0.442 e. The molecule has 0 saturated heterocycles. The standard InChI is InChI=1S/C28H30N7O3P/c1-18-7-12-23-22(15-32-35(23)27(36)38-28(2,3)4)21(18)13-14-34-17-31-24-25(29-16-30-26(24)34)33-19-8-10-20(11-9-19)39(5,6)37/h7-17H,1-6H3,(H,29,30,33). The Morgan fingerprint density at radius 3 is 2.49 bits per heavy atom. The van der Waals surface area contributed by atoms with Gasteiger partial charge in [0, 0.05) is 22.6 Å². The SMILES string of the molecule is Cc1ccc2c(cnn2C(=O)OC(C)(C)C)c1C=Cn1cnc2c(Nc3ccc(P(C)(C)=O)cc3)ncnc21. The van der Waals surface area contributed by atoms with E-state index in [0.717, 1.165) is 27.5 Å². The van der Waals surface area contributed by atoms with Crippen LogP contribution in [0.4, 0.5) is 16.3 Å². The van der Waals surface area contributed by atoms with Crippen LogP contribution in [0.3, 0.4) is 0 Å². The number of carbonyl (C=O) groups is 1. The Labute approximate surface area is 226 Å². The quantitative estimate of drug-likeness (QED) is 0.273. The molecule has 0 radical (unpaired) electrons. The molecule has 0 aliphatic carbocycles. The summed E-state index contributed by atoms with van der Waals surface area (Å²) in [6.07, 6.45) is 8.11. The normalized spacial score (nSPS) is 12.5. The van der Waals surface area contributed by atoms with Crippen molar-refractivity contribution in [3.63, 3.8) is 0 Å². The van der Waals surface area contributed by atoms with E-state index in [0.29, 0.717) is 22.5 Å². The second-order valence-corrected chi connectivity index (χ2v) is 13.9. The number of aromatic nitrogens is 6. The van der Waals surface area contributed by atoms with Gasteiger partial charge in [0.15, 0.2) is 17.0 Å². The van der Waals surface area contributed by atoms with Gasteiger partial charge in [-0.2, -0.15) is 9.78 Å². The maximum Gasteiger partial charge on any atom is 0.435 e. The fourth-order valence-corrected chi connectivity index (χ4v) is 5.02. The Morgan fingerprint density at radius 1 is 1.05 bits per heavy atom. The number of carbonyl (C=O) groups excluding carboxylic acids is 1. The van der Waals surface area contributed by atoms with Crippen LogP contribution in [0.25, 0.3) is 34.3 Å². The molecule has 39 heavy (non-hydrogen) atoms. The highest BCUT2D eigenvalue weighted by Crippen LogP contribution is 2.35. The monoisotopic (exact) mass is 543 g/mol.